The molecule has 3 saturated heterocycles. The molecule has 0 spiro atoms. The maximum atomic E-state index is 14.6. The number of hydrogen-bond acceptors (Lipinski definition) is 10. The molecule has 0 bridgehead atoms. The van der Waals surface area contributed by atoms with Gasteiger partial charge in [-0.1, -0.05) is 63.8 Å². The van der Waals surface area contributed by atoms with Crippen LogP contribution in [0.25, 0.3) is 21.8 Å². The van der Waals surface area contributed by atoms with E-state index >= 15 is 0 Å². The summed E-state index contributed by atoms with van der Waals surface area (Å²) >= 11 is 0. The molecule has 5 amide bonds. The molecule has 17 nitrogen and oxygen atoms in total. The number of nitrogens with one attached hydrogen (secondary N) is 3. The van der Waals surface area contributed by atoms with Crippen LogP contribution in [-0.4, -0.2) is 143 Å². The molecule has 2 aromatic heterocycles. The summed E-state index contributed by atoms with van der Waals surface area (Å²) in [6, 6.07) is 12.9. The summed E-state index contributed by atoms with van der Waals surface area (Å²) in [4.78, 5) is 76.2. The van der Waals surface area contributed by atoms with Crippen LogP contribution in [0.3, 0.4) is 0 Å². The Bertz CT molecular complexity index is 2360. The van der Waals surface area contributed by atoms with Gasteiger partial charge < -0.3 is 40.1 Å². The zero-order chi connectivity index (χ0) is 47.3. The molecule has 3 fully saturated rings. The number of fused-ring (bicyclic) bond motifs is 2. The molecule has 5 heterocycles. The van der Waals surface area contributed by atoms with Gasteiger partial charge in [-0.3, -0.25) is 19.1 Å². The average molecular weight is 925 g/mol. The van der Waals surface area contributed by atoms with Gasteiger partial charge in [0.25, 0.3) is 5.56 Å². The third-order valence-corrected chi connectivity index (χ3v) is 13.8. The first-order valence-electron chi connectivity index (χ1n) is 24.7. The SMILES string of the molecule is CCCCCNC(=O)OCn1cc2cc(C[C@@H](NC(=O)N3CCC(c4cc5ccccc5n(COC(=O)NCCCCC)c4=O)CC3)C(=O)N3CCN(C4CCN(C)CC4)CC3)cc(C)c2n1. The van der Waals surface area contributed by atoms with Gasteiger partial charge in [-0.15, -0.1) is 0 Å². The number of pyridine rings is 1. The Kier molecular flexibility index (Phi) is 17.5. The number of rotatable bonds is 18. The first-order chi connectivity index (χ1) is 32.5. The number of piperazine rings is 1. The fraction of sp³-hybridized carbons (Fsp3) is 0.600. The molecule has 3 N–H and O–H groups in total. The van der Waals surface area contributed by atoms with Crippen molar-refractivity contribution in [3.8, 4) is 0 Å². The molecule has 4 aromatic rings. The smallest absolute Gasteiger partial charge is 0.408 e. The van der Waals surface area contributed by atoms with Gasteiger partial charge in [0.15, 0.2) is 13.5 Å². The van der Waals surface area contributed by atoms with Crippen molar-refractivity contribution in [3.05, 3.63) is 75.7 Å². The topological polar surface area (TPSA) is 176 Å². The quantitative estimate of drug-likeness (QED) is 0.0983. The maximum absolute atomic E-state index is 14.6. The van der Waals surface area contributed by atoms with Crippen molar-refractivity contribution in [3.63, 3.8) is 0 Å². The Labute approximate surface area is 394 Å². The van der Waals surface area contributed by atoms with Crippen molar-refractivity contribution in [2.24, 2.45) is 0 Å². The summed E-state index contributed by atoms with van der Waals surface area (Å²) in [5, 5.41) is 15.1. The summed E-state index contributed by atoms with van der Waals surface area (Å²) in [7, 11) is 2.17. The largest absolute Gasteiger partial charge is 0.428 e. The van der Waals surface area contributed by atoms with Crippen LogP contribution in [0.1, 0.15) is 101 Å². The summed E-state index contributed by atoms with van der Waals surface area (Å²) in [5.41, 5.74) is 3.66. The van der Waals surface area contributed by atoms with Gasteiger partial charge in [0.2, 0.25) is 5.91 Å². The first kappa shape index (κ1) is 49.2. The highest BCUT2D eigenvalue weighted by molar-refractivity contribution is 5.88. The number of carbonyl (C=O) groups excluding carboxylic acids is 4. The monoisotopic (exact) mass is 925 g/mol. The molecular weight excluding hydrogens is 853 g/mol. The fourth-order valence-corrected chi connectivity index (χ4v) is 9.83. The van der Waals surface area contributed by atoms with Crippen molar-refractivity contribution < 1.29 is 28.7 Å². The zero-order valence-corrected chi connectivity index (χ0v) is 40.1. The molecule has 2 aromatic carbocycles. The van der Waals surface area contributed by atoms with Crippen LogP contribution < -0.4 is 21.5 Å². The van der Waals surface area contributed by atoms with Crippen LogP contribution >= 0.6 is 0 Å². The second kappa shape index (κ2) is 23.9. The van der Waals surface area contributed by atoms with E-state index in [1.54, 1.807) is 9.58 Å². The van der Waals surface area contributed by atoms with Crippen LogP contribution in [0.5, 0.6) is 0 Å². The van der Waals surface area contributed by atoms with Gasteiger partial charge in [0.05, 0.1) is 11.0 Å². The van der Waals surface area contributed by atoms with Gasteiger partial charge >= 0.3 is 18.2 Å². The Morgan fingerprint density at radius 3 is 2.09 bits per heavy atom. The molecule has 0 radical (unpaired) electrons. The van der Waals surface area contributed by atoms with E-state index in [2.05, 4.69) is 51.7 Å². The standard InChI is InChI=1S/C50H72N10O7/c1-5-7-11-19-51-49(64)66-34-59-33-40-30-37(29-36(3)45(40)54-59)31-43(47(62)57-27-25-56(26-28-57)41-17-21-55(4)22-18-41)53-48(63)58-23-15-38(16-24-58)42-32-39-13-9-10-14-44(39)60(46(42)61)35-67-50(65)52-20-12-8-6-2/h9-10,13-14,29-30,32-33,38,41,43H,5-8,11-12,15-28,31,34-35H2,1-4H3,(H,51,64)(H,52,65)(H,53,63)/t43-/m1/s1. The Balaban J connectivity index is 1.02. The molecule has 1 atom stereocenters. The predicted molar refractivity (Wildman–Crippen MR) is 259 cm³/mol. The second-order valence-corrected chi connectivity index (χ2v) is 18.7. The molecule has 0 aliphatic carbocycles. The third-order valence-electron chi connectivity index (χ3n) is 13.8. The van der Waals surface area contributed by atoms with E-state index in [-0.39, 0.29) is 43.3 Å². The highest BCUT2D eigenvalue weighted by Crippen LogP contribution is 2.29. The highest BCUT2D eigenvalue weighted by atomic mass is 16.6. The molecule has 7 rings (SSSR count). The molecule has 17 heteroatoms. The number of hydrogen-bond donors (Lipinski definition) is 3. The number of benzene rings is 2. The van der Waals surface area contributed by atoms with Gasteiger partial charge in [0.1, 0.15) is 6.04 Å². The van der Waals surface area contributed by atoms with Gasteiger partial charge in [-0.25, -0.2) is 19.1 Å². The lowest BCUT2D eigenvalue weighted by Crippen LogP contribution is -2.59. The summed E-state index contributed by atoms with van der Waals surface area (Å²) < 4.78 is 14.1. The summed E-state index contributed by atoms with van der Waals surface area (Å²) in [6.07, 6.45) is 10.3. The number of ether oxygens (including phenoxy) is 2. The number of carbonyl (C=O) groups is 4. The number of aromatic nitrogens is 3. The fourth-order valence-electron chi connectivity index (χ4n) is 9.83. The molecule has 3 aliphatic heterocycles. The minimum Gasteiger partial charge on any atom is -0.428 e. The van der Waals surface area contributed by atoms with Crippen molar-refractivity contribution in [1.29, 1.82) is 0 Å². The van der Waals surface area contributed by atoms with Crippen LogP contribution in [0.15, 0.2) is 53.5 Å². The average Bonchev–Trinajstić information content (AvgIpc) is 3.77. The second-order valence-electron chi connectivity index (χ2n) is 18.7. The van der Waals surface area contributed by atoms with E-state index in [4.69, 9.17) is 9.47 Å². The van der Waals surface area contributed by atoms with Crippen LogP contribution in [-0.2, 0) is 34.2 Å². The molecular formula is C50H72N10O7. The molecule has 67 heavy (non-hydrogen) atoms. The number of nitrogens with zero attached hydrogens (tertiary/aromatic N) is 7. The number of urea groups is 1. The normalized spacial score (nSPS) is 17.1. The van der Waals surface area contributed by atoms with Crippen molar-refractivity contribution in [2.45, 2.75) is 123 Å². The van der Waals surface area contributed by atoms with Crippen molar-refractivity contribution >= 4 is 45.9 Å². The van der Waals surface area contributed by atoms with Gasteiger partial charge in [0, 0.05) is 82.0 Å². The summed E-state index contributed by atoms with van der Waals surface area (Å²) in [6.45, 7) is 12.7. The molecule has 3 aliphatic rings. The third kappa shape index (κ3) is 13.1. The maximum Gasteiger partial charge on any atom is 0.408 e. The predicted octanol–water partition coefficient (Wildman–Crippen LogP) is 6.15. The lowest BCUT2D eigenvalue weighted by molar-refractivity contribution is -0.135. The molecule has 364 valence electrons. The van der Waals surface area contributed by atoms with E-state index in [0.717, 1.165) is 105 Å². The van der Waals surface area contributed by atoms with Crippen molar-refractivity contribution in [2.75, 3.05) is 72.5 Å². The molecule has 0 unspecified atom stereocenters. The number of alkyl carbamates (subject to hydrolysis) is 2. The van der Waals surface area contributed by atoms with E-state index in [1.165, 1.54) is 4.57 Å². The number of aryl methyl sites for hydroxylation is 1. The Morgan fingerprint density at radius 1 is 0.761 bits per heavy atom. The number of para-hydroxylation sites is 1. The summed E-state index contributed by atoms with van der Waals surface area (Å²) in [5.74, 6) is -0.221. The van der Waals surface area contributed by atoms with E-state index in [9.17, 15) is 24.0 Å². The minimum atomic E-state index is -0.816. The first-order valence-corrected chi connectivity index (χ1v) is 24.7. The number of unbranched alkanes of at least 4 members (excludes halogenated alkanes) is 4. The van der Waals surface area contributed by atoms with Crippen LogP contribution in [0.2, 0.25) is 0 Å². The number of amides is 5. The Morgan fingerprint density at radius 2 is 1.42 bits per heavy atom. The van der Waals surface area contributed by atoms with Crippen LogP contribution in [0, 0.1) is 6.92 Å². The lowest BCUT2D eigenvalue weighted by Gasteiger charge is -2.43. The van der Waals surface area contributed by atoms with E-state index in [0.29, 0.717) is 69.2 Å². The van der Waals surface area contributed by atoms with Crippen LogP contribution in [0.4, 0.5) is 14.4 Å². The van der Waals surface area contributed by atoms with Crippen molar-refractivity contribution in [1.82, 2.24) is 49.9 Å². The van der Waals surface area contributed by atoms with Gasteiger partial charge in [-0.05, 0) is 106 Å². The minimum absolute atomic E-state index is 0.0379. The van der Waals surface area contributed by atoms with E-state index < -0.39 is 18.2 Å². The highest BCUT2D eigenvalue weighted by Gasteiger charge is 2.34. The van der Waals surface area contributed by atoms with Gasteiger partial charge in [-0.2, -0.15) is 5.10 Å². The van der Waals surface area contributed by atoms with E-state index in [1.807, 2.05) is 60.5 Å². The Hall–Kier alpha value is -5.68. The number of likely N-dealkylation sites (tertiary alicyclic amines) is 2. The number of piperidine rings is 2. The lowest BCUT2D eigenvalue weighted by atomic mass is 9.89. The zero-order valence-electron chi connectivity index (χ0n) is 40.1. The molecule has 0 saturated carbocycles.